The molecule has 0 bridgehead atoms. The van der Waals surface area contributed by atoms with Crippen molar-refractivity contribution >= 4 is 45.8 Å². The minimum atomic E-state index is -0.218. The number of fused-ring (bicyclic) bond motifs is 8. The van der Waals surface area contributed by atoms with Crippen LogP contribution in [0.15, 0.2) is 97.3 Å². The van der Waals surface area contributed by atoms with E-state index in [0.717, 1.165) is 44.7 Å². The van der Waals surface area contributed by atoms with Gasteiger partial charge >= 0.3 is 21.1 Å². The molecule has 0 fully saturated rings. The fourth-order valence-electron chi connectivity index (χ4n) is 7.89. The van der Waals surface area contributed by atoms with Crippen LogP contribution in [0.25, 0.3) is 45.8 Å². The molecular formula is C40H30N6OPt. The molecule has 8 aromatic rings. The Morgan fingerprint density at radius 2 is 0.958 bits per heavy atom. The first-order chi connectivity index (χ1) is 22.8. The van der Waals surface area contributed by atoms with Crippen molar-refractivity contribution in [2.45, 2.75) is 38.5 Å². The Kier molecular flexibility index (Phi) is 6.01. The van der Waals surface area contributed by atoms with Gasteiger partial charge in [-0.25, -0.2) is 9.97 Å². The van der Waals surface area contributed by atoms with Crippen LogP contribution in [0.3, 0.4) is 0 Å². The van der Waals surface area contributed by atoms with E-state index in [-0.39, 0.29) is 31.9 Å². The molecule has 0 unspecified atom stereocenters. The average molecular weight is 806 g/mol. The fraction of sp³-hybridized carbons (Fsp3) is 0.150. The van der Waals surface area contributed by atoms with Gasteiger partial charge in [-0.1, -0.05) is 146 Å². The maximum absolute atomic E-state index is 6.40. The summed E-state index contributed by atoms with van der Waals surface area (Å²) in [7, 11) is 0. The van der Waals surface area contributed by atoms with Gasteiger partial charge in [0.25, 0.3) is 0 Å². The summed E-state index contributed by atoms with van der Waals surface area (Å²) >= 11 is 0. The van der Waals surface area contributed by atoms with Crippen LogP contribution in [0.2, 0.25) is 0 Å². The van der Waals surface area contributed by atoms with Crippen LogP contribution in [0.4, 0.5) is 0 Å². The summed E-state index contributed by atoms with van der Waals surface area (Å²) in [6.07, 6.45) is 15.1. The van der Waals surface area contributed by atoms with Crippen molar-refractivity contribution < 1.29 is 25.8 Å². The Morgan fingerprint density at radius 1 is 0.542 bits per heavy atom. The van der Waals surface area contributed by atoms with E-state index in [9.17, 15) is 0 Å². The van der Waals surface area contributed by atoms with Gasteiger partial charge in [-0.3, -0.25) is 0 Å². The quantitative estimate of drug-likeness (QED) is 0.165. The number of rotatable bonds is 2. The summed E-state index contributed by atoms with van der Waals surface area (Å²) in [4.78, 5) is 9.93. The molecule has 4 aromatic heterocycles. The van der Waals surface area contributed by atoms with Crippen molar-refractivity contribution in [2.75, 3.05) is 0 Å². The monoisotopic (exact) mass is 805 g/mol. The van der Waals surface area contributed by atoms with E-state index in [2.05, 4.69) is 155 Å². The Labute approximate surface area is 291 Å². The van der Waals surface area contributed by atoms with Crippen LogP contribution in [0.1, 0.15) is 61.1 Å². The third-order valence-corrected chi connectivity index (χ3v) is 10.2. The van der Waals surface area contributed by atoms with E-state index < -0.39 is 0 Å². The number of benzene rings is 4. The molecule has 0 amide bonds. The first kappa shape index (κ1) is 29.0. The molecule has 8 heteroatoms. The van der Waals surface area contributed by atoms with Gasteiger partial charge in [0.15, 0.2) is 0 Å². The number of ether oxygens (including phenoxy) is 1. The van der Waals surface area contributed by atoms with Crippen LogP contribution < -0.4 is 4.74 Å². The molecule has 0 radical (unpaired) electrons. The number of hydrogen-bond donors (Lipinski definition) is 0. The summed E-state index contributed by atoms with van der Waals surface area (Å²) in [5.41, 5.74) is 11.1. The zero-order valence-electron chi connectivity index (χ0n) is 26.8. The van der Waals surface area contributed by atoms with Crippen molar-refractivity contribution in [2.24, 2.45) is 0 Å². The third-order valence-electron chi connectivity index (χ3n) is 10.2. The molecule has 4 aromatic carbocycles. The molecular weight excluding hydrogens is 776 g/mol. The molecule has 0 N–H and O–H groups in total. The van der Waals surface area contributed by atoms with Gasteiger partial charge in [0.1, 0.15) is 11.6 Å². The van der Waals surface area contributed by atoms with E-state index in [1.54, 1.807) is 0 Å². The Bertz CT molecular complexity index is 2490. The Balaban J connectivity index is 0.00000314. The smallest absolute Gasteiger partial charge is 0.419 e. The maximum Gasteiger partial charge on any atom is 2.00 e. The van der Waals surface area contributed by atoms with E-state index >= 15 is 0 Å². The summed E-state index contributed by atoms with van der Waals surface area (Å²) in [6, 6.07) is 30.0. The second-order valence-corrected chi connectivity index (χ2v) is 13.6. The summed E-state index contributed by atoms with van der Waals surface area (Å²) in [5, 5.41) is 0. The summed E-state index contributed by atoms with van der Waals surface area (Å²) < 4.78 is 14.7. The molecule has 7 nitrogen and oxygen atoms in total. The van der Waals surface area contributed by atoms with Crippen LogP contribution in [-0.2, 0) is 31.9 Å². The molecule has 10 rings (SSSR count). The first-order valence-electron chi connectivity index (χ1n) is 15.9. The van der Waals surface area contributed by atoms with E-state index in [4.69, 9.17) is 14.7 Å². The number of hydrogen-bond acceptors (Lipinski definition) is 3. The van der Waals surface area contributed by atoms with E-state index in [1.165, 1.54) is 22.3 Å². The maximum atomic E-state index is 6.40. The third kappa shape index (κ3) is 3.79. The molecule has 0 saturated heterocycles. The first-order valence-corrected chi connectivity index (χ1v) is 15.9. The number of imidazole rings is 4. The summed E-state index contributed by atoms with van der Waals surface area (Å²) in [5.74, 6) is 2.40. The SMILES string of the molecule is CC1(C)c2ccccc2C=[C-]n2c3c1cccc3n1cc(Oc3cn4c5cccc6c5n(c4n3)[C-]=Cc3ccccc3C6(C)C)nc21.[Pt+2]. The van der Waals surface area contributed by atoms with Crippen LogP contribution in [0, 0.1) is 12.4 Å². The molecule has 2 aliphatic rings. The predicted molar refractivity (Wildman–Crippen MR) is 185 cm³/mol. The molecule has 2 aliphatic heterocycles. The van der Waals surface area contributed by atoms with Crippen LogP contribution in [-0.4, -0.2) is 27.9 Å². The summed E-state index contributed by atoms with van der Waals surface area (Å²) in [6.45, 7) is 9.13. The van der Waals surface area contributed by atoms with Gasteiger partial charge < -0.3 is 22.7 Å². The van der Waals surface area contributed by atoms with Crippen molar-refractivity contribution in [3.63, 3.8) is 0 Å². The molecule has 0 saturated carbocycles. The normalized spacial score (nSPS) is 15.5. The van der Waals surface area contributed by atoms with Crippen molar-refractivity contribution in [1.29, 1.82) is 0 Å². The molecule has 6 heterocycles. The van der Waals surface area contributed by atoms with Gasteiger partial charge in [-0.2, -0.15) is 0 Å². The van der Waals surface area contributed by atoms with Gasteiger partial charge in [0.05, 0.1) is 12.4 Å². The molecule has 236 valence electrons. The van der Waals surface area contributed by atoms with Crippen LogP contribution in [0.5, 0.6) is 11.8 Å². The fourth-order valence-corrected chi connectivity index (χ4v) is 7.89. The van der Waals surface area contributed by atoms with E-state index in [0.29, 0.717) is 11.8 Å². The van der Waals surface area contributed by atoms with Gasteiger partial charge in [-0.15, -0.1) is 12.2 Å². The number of aromatic nitrogens is 6. The number of para-hydroxylation sites is 2. The van der Waals surface area contributed by atoms with Gasteiger partial charge in [0.2, 0.25) is 11.8 Å². The van der Waals surface area contributed by atoms with Crippen molar-refractivity contribution in [1.82, 2.24) is 27.9 Å². The molecule has 48 heavy (non-hydrogen) atoms. The zero-order valence-corrected chi connectivity index (χ0v) is 29.1. The zero-order chi connectivity index (χ0) is 31.7. The number of nitrogens with zero attached hydrogens (tertiary/aromatic N) is 6. The Morgan fingerprint density at radius 3 is 1.42 bits per heavy atom. The second-order valence-electron chi connectivity index (χ2n) is 13.6. The van der Waals surface area contributed by atoms with Gasteiger partial charge in [0, 0.05) is 21.9 Å². The molecule has 0 atom stereocenters. The molecule has 0 aliphatic carbocycles. The standard InChI is InChI=1S/C40H30N6O.Pt/c1-39(2)27-13-7-5-11-25(27)19-21-43-35-29(39)15-9-17-31(35)45-23-33(41-37(43)45)47-34-24-46-32-18-10-16-30-36(32)44(38(46)42-34)22-20-26-12-6-8-14-28(26)40(30,3)4;/h5-20,23-24H,1-4H3;/q-2;+2. The average Bonchev–Trinajstić information content (AvgIpc) is 3.81. The van der Waals surface area contributed by atoms with E-state index in [1.807, 2.05) is 12.4 Å². The minimum Gasteiger partial charge on any atom is -0.419 e. The van der Waals surface area contributed by atoms with Crippen molar-refractivity contribution in [3.8, 4) is 11.8 Å². The predicted octanol–water partition coefficient (Wildman–Crippen LogP) is 8.60. The Hall–Kier alpha value is -5.13. The van der Waals surface area contributed by atoms with Crippen LogP contribution >= 0.6 is 0 Å². The van der Waals surface area contributed by atoms with Crippen molar-refractivity contribution in [3.05, 3.63) is 143 Å². The van der Waals surface area contributed by atoms with Gasteiger partial charge in [-0.05, 0) is 23.2 Å². The largest absolute Gasteiger partial charge is 2.00 e. The molecule has 0 spiro atoms. The topological polar surface area (TPSA) is 53.7 Å². The second kappa shape index (κ2) is 9.94. The minimum absolute atomic E-state index is 0.